The fourth-order valence-electron chi connectivity index (χ4n) is 6.49. The summed E-state index contributed by atoms with van der Waals surface area (Å²) < 4.78 is 20.7. The van der Waals surface area contributed by atoms with Crippen molar-refractivity contribution in [1.82, 2.24) is 14.7 Å². The van der Waals surface area contributed by atoms with E-state index in [1.165, 1.54) is 5.56 Å². The molecular formula is C29H38FN3O2. The van der Waals surface area contributed by atoms with Gasteiger partial charge in [-0.15, -0.1) is 0 Å². The standard InChI is InChI=1S/C29H38FN3O2/c1-31(2)29(24-8-5-4-6-9-24)18-16-28(17-19-29)22-32(20-23-10-12-25(35-3)13-11-23)26(34)33(28)21-27(30)14-7-15-27/h4-6,8-13H,7,14-22H2,1-3H3. The van der Waals surface area contributed by atoms with Crippen molar-refractivity contribution in [3.8, 4) is 5.75 Å². The van der Waals surface area contributed by atoms with E-state index in [-0.39, 0.29) is 23.7 Å². The van der Waals surface area contributed by atoms with Crippen molar-refractivity contribution in [1.29, 1.82) is 0 Å². The first-order valence-electron chi connectivity index (χ1n) is 12.9. The van der Waals surface area contributed by atoms with Gasteiger partial charge in [0, 0.05) is 18.6 Å². The van der Waals surface area contributed by atoms with Gasteiger partial charge in [0.05, 0.1) is 19.2 Å². The minimum absolute atomic E-state index is 0.0122. The van der Waals surface area contributed by atoms with Gasteiger partial charge in [0.25, 0.3) is 0 Å². The summed E-state index contributed by atoms with van der Waals surface area (Å²) in [5.41, 5.74) is 0.791. The number of methoxy groups -OCH3 is 1. The number of ether oxygens (including phenoxy) is 1. The molecule has 2 saturated carbocycles. The van der Waals surface area contributed by atoms with E-state index in [0.29, 0.717) is 25.9 Å². The molecular weight excluding hydrogens is 441 g/mol. The number of urea groups is 1. The normalized spacial score (nSPS) is 28.0. The highest BCUT2D eigenvalue weighted by Gasteiger charge is 2.56. The number of carbonyl (C=O) groups excluding carboxylic acids is 1. The largest absolute Gasteiger partial charge is 0.497 e. The zero-order valence-corrected chi connectivity index (χ0v) is 21.3. The van der Waals surface area contributed by atoms with Crippen LogP contribution in [0.5, 0.6) is 5.75 Å². The predicted molar refractivity (Wildman–Crippen MR) is 136 cm³/mol. The lowest BCUT2D eigenvalue weighted by Crippen LogP contribution is -2.58. The second-order valence-corrected chi connectivity index (χ2v) is 11.1. The third kappa shape index (κ3) is 4.31. The number of halogens is 1. The lowest BCUT2D eigenvalue weighted by atomic mass is 9.68. The van der Waals surface area contributed by atoms with Crippen molar-refractivity contribution in [2.45, 2.75) is 68.2 Å². The van der Waals surface area contributed by atoms with Crippen molar-refractivity contribution >= 4 is 6.03 Å². The number of nitrogens with zero attached hydrogens (tertiary/aromatic N) is 3. The smallest absolute Gasteiger partial charge is 0.321 e. The first kappa shape index (κ1) is 24.1. The van der Waals surface area contributed by atoms with Gasteiger partial charge >= 0.3 is 6.03 Å². The molecule has 0 aromatic heterocycles. The van der Waals surface area contributed by atoms with Crippen LogP contribution in [0.25, 0.3) is 0 Å². The Hall–Kier alpha value is -2.60. The molecule has 0 atom stereocenters. The van der Waals surface area contributed by atoms with Gasteiger partial charge in [-0.25, -0.2) is 9.18 Å². The quantitative estimate of drug-likeness (QED) is 0.519. The van der Waals surface area contributed by atoms with Gasteiger partial charge in [0.1, 0.15) is 11.4 Å². The van der Waals surface area contributed by atoms with Gasteiger partial charge < -0.3 is 14.5 Å². The second-order valence-electron chi connectivity index (χ2n) is 11.1. The lowest BCUT2D eigenvalue weighted by molar-refractivity contribution is -0.0208. The van der Waals surface area contributed by atoms with E-state index in [1.807, 2.05) is 34.1 Å². The highest BCUT2D eigenvalue weighted by molar-refractivity contribution is 5.78. The molecule has 1 saturated heterocycles. The van der Waals surface area contributed by atoms with Gasteiger partial charge in [-0.3, -0.25) is 4.90 Å². The summed E-state index contributed by atoms with van der Waals surface area (Å²) in [4.78, 5) is 20.0. The van der Waals surface area contributed by atoms with Crippen LogP contribution in [0.1, 0.15) is 56.1 Å². The number of amides is 2. The van der Waals surface area contributed by atoms with E-state index < -0.39 is 5.67 Å². The fraction of sp³-hybridized carbons (Fsp3) is 0.552. The molecule has 0 bridgehead atoms. The van der Waals surface area contributed by atoms with Crippen LogP contribution in [-0.4, -0.2) is 66.2 Å². The fourth-order valence-corrected chi connectivity index (χ4v) is 6.49. The molecule has 1 aliphatic heterocycles. The molecule has 35 heavy (non-hydrogen) atoms. The maximum Gasteiger partial charge on any atom is 0.321 e. The average molecular weight is 480 g/mol. The molecule has 1 spiro atoms. The topological polar surface area (TPSA) is 36.0 Å². The molecule has 3 fully saturated rings. The summed E-state index contributed by atoms with van der Waals surface area (Å²) in [6, 6.07) is 18.6. The Balaban J connectivity index is 1.40. The van der Waals surface area contributed by atoms with Crippen molar-refractivity contribution in [2.75, 3.05) is 34.3 Å². The molecule has 3 aliphatic rings. The highest BCUT2D eigenvalue weighted by Crippen LogP contribution is 2.50. The zero-order chi connectivity index (χ0) is 24.7. The minimum atomic E-state index is -1.23. The monoisotopic (exact) mass is 479 g/mol. The van der Waals surface area contributed by atoms with Crippen LogP contribution in [0.2, 0.25) is 0 Å². The third-order valence-corrected chi connectivity index (χ3v) is 8.96. The summed E-state index contributed by atoms with van der Waals surface area (Å²) in [5.74, 6) is 0.803. The Morgan fingerprint density at radius 1 is 0.943 bits per heavy atom. The molecule has 2 amide bonds. The van der Waals surface area contributed by atoms with Crippen LogP contribution in [-0.2, 0) is 12.1 Å². The van der Waals surface area contributed by atoms with E-state index >= 15 is 4.39 Å². The molecule has 5 nitrogen and oxygen atoms in total. The highest BCUT2D eigenvalue weighted by atomic mass is 19.1. The van der Waals surface area contributed by atoms with Crippen LogP contribution in [0.15, 0.2) is 54.6 Å². The van der Waals surface area contributed by atoms with Crippen LogP contribution in [0.4, 0.5) is 9.18 Å². The first-order valence-corrected chi connectivity index (χ1v) is 12.9. The molecule has 0 N–H and O–H groups in total. The summed E-state index contributed by atoms with van der Waals surface area (Å²) in [6.07, 6.45) is 5.70. The van der Waals surface area contributed by atoms with E-state index in [0.717, 1.165) is 43.4 Å². The van der Waals surface area contributed by atoms with Gasteiger partial charge in [-0.05, 0) is 82.3 Å². The van der Waals surface area contributed by atoms with Crippen LogP contribution in [0.3, 0.4) is 0 Å². The van der Waals surface area contributed by atoms with Crippen molar-refractivity contribution < 1.29 is 13.9 Å². The van der Waals surface area contributed by atoms with Crippen molar-refractivity contribution in [3.05, 3.63) is 65.7 Å². The molecule has 6 heteroatoms. The number of hydrogen-bond acceptors (Lipinski definition) is 3. The molecule has 188 valence electrons. The molecule has 2 aromatic carbocycles. The Morgan fingerprint density at radius 2 is 1.60 bits per heavy atom. The van der Waals surface area contributed by atoms with E-state index in [2.05, 4.69) is 49.3 Å². The van der Waals surface area contributed by atoms with Crippen LogP contribution in [0, 0.1) is 0 Å². The molecule has 2 aromatic rings. The molecule has 0 unspecified atom stereocenters. The Morgan fingerprint density at radius 3 is 2.14 bits per heavy atom. The van der Waals surface area contributed by atoms with Gasteiger partial charge in [0.15, 0.2) is 0 Å². The van der Waals surface area contributed by atoms with Crippen LogP contribution < -0.4 is 4.74 Å². The number of alkyl halides is 1. The van der Waals surface area contributed by atoms with Crippen LogP contribution >= 0.6 is 0 Å². The number of benzene rings is 2. The van der Waals surface area contributed by atoms with Gasteiger partial charge in [0.2, 0.25) is 0 Å². The second kappa shape index (κ2) is 9.12. The molecule has 1 heterocycles. The van der Waals surface area contributed by atoms with Gasteiger partial charge in [-0.2, -0.15) is 0 Å². The number of hydrogen-bond donors (Lipinski definition) is 0. The number of carbonyl (C=O) groups is 1. The molecule has 2 aliphatic carbocycles. The molecule has 0 radical (unpaired) electrons. The SMILES string of the molecule is COc1ccc(CN2CC3(CCC(c4ccccc4)(N(C)C)CC3)N(CC3(F)CCC3)C2=O)cc1. The summed E-state index contributed by atoms with van der Waals surface area (Å²) in [6.45, 7) is 1.43. The van der Waals surface area contributed by atoms with Crippen molar-refractivity contribution in [2.24, 2.45) is 0 Å². The maximum absolute atomic E-state index is 15.4. The third-order valence-electron chi connectivity index (χ3n) is 8.96. The average Bonchev–Trinajstić information content (AvgIpc) is 3.09. The lowest BCUT2D eigenvalue weighted by Gasteiger charge is -2.52. The van der Waals surface area contributed by atoms with E-state index in [9.17, 15) is 4.79 Å². The Labute approximate surface area is 208 Å². The van der Waals surface area contributed by atoms with E-state index in [4.69, 9.17) is 4.74 Å². The summed E-state index contributed by atoms with van der Waals surface area (Å²) >= 11 is 0. The zero-order valence-electron chi connectivity index (χ0n) is 21.3. The first-order chi connectivity index (χ1) is 16.8. The maximum atomic E-state index is 15.4. The number of rotatable bonds is 7. The van der Waals surface area contributed by atoms with E-state index in [1.54, 1.807) is 7.11 Å². The summed E-state index contributed by atoms with van der Waals surface area (Å²) in [7, 11) is 5.97. The minimum Gasteiger partial charge on any atom is -0.497 e. The van der Waals surface area contributed by atoms with Gasteiger partial charge in [-0.1, -0.05) is 42.5 Å². The predicted octanol–water partition coefficient (Wildman–Crippen LogP) is 5.59. The Bertz CT molecular complexity index is 1030. The molecule has 5 rings (SSSR count). The van der Waals surface area contributed by atoms with Crippen molar-refractivity contribution in [3.63, 3.8) is 0 Å². The Kier molecular flexibility index (Phi) is 6.28. The summed E-state index contributed by atoms with van der Waals surface area (Å²) in [5, 5.41) is 0.